The largest absolute Gasteiger partial charge is 0.464 e. The Balaban J connectivity index is 1.30. The van der Waals surface area contributed by atoms with Gasteiger partial charge in [-0.25, -0.2) is 4.98 Å². The molecule has 5 rings (SSSR count). The van der Waals surface area contributed by atoms with Crippen LogP contribution < -0.4 is 5.32 Å². The van der Waals surface area contributed by atoms with Gasteiger partial charge in [0.15, 0.2) is 5.82 Å². The monoisotopic (exact) mass is 494 g/mol. The Bertz CT molecular complexity index is 1540. The molecule has 0 fully saturated rings. The molecule has 0 bridgehead atoms. The first-order valence-electron chi connectivity index (χ1n) is 12.5. The van der Waals surface area contributed by atoms with Crippen molar-refractivity contribution in [1.82, 2.24) is 19.8 Å². The van der Waals surface area contributed by atoms with Gasteiger partial charge in [-0.15, -0.1) is 0 Å². The van der Waals surface area contributed by atoms with Crippen molar-refractivity contribution in [3.8, 4) is 0 Å². The Hall–Kier alpha value is -4.39. The second-order valence-corrected chi connectivity index (χ2v) is 9.26. The molecule has 0 aliphatic heterocycles. The minimum absolute atomic E-state index is 0.0632. The third-order valence-electron chi connectivity index (χ3n) is 6.96. The topological polar surface area (TPSA) is 80.4 Å². The van der Waals surface area contributed by atoms with Gasteiger partial charge in [0.2, 0.25) is 0 Å². The van der Waals surface area contributed by atoms with Crippen LogP contribution in [-0.4, -0.2) is 45.9 Å². The van der Waals surface area contributed by atoms with Crippen LogP contribution in [0.1, 0.15) is 39.4 Å². The van der Waals surface area contributed by atoms with Crippen LogP contribution in [0.25, 0.3) is 22.0 Å². The molecule has 7 heteroatoms. The molecule has 0 aliphatic rings. The van der Waals surface area contributed by atoms with Gasteiger partial charge in [-0.05, 0) is 55.2 Å². The minimum atomic E-state index is -0.224. The molecule has 7 nitrogen and oxygen atoms in total. The minimum Gasteiger partial charge on any atom is -0.464 e. The van der Waals surface area contributed by atoms with Crippen molar-refractivity contribution in [2.24, 2.45) is 7.05 Å². The molecular formula is C30H30N4O3. The van der Waals surface area contributed by atoms with Gasteiger partial charge in [-0.1, -0.05) is 48.5 Å². The number of nitrogens with one attached hydrogen (secondary N) is 1. The Morgan fingerprint density at radius 2 is 1.76 bits per heavy atom. The van der Waals surface area contributed by atoms with Crippen LogP contribution in [0.3, 0.4) is 0 Å². The highest BCUT2D eigenvalue weighted by Gasteiger charge is 2.24. The summed E-state index contributed by atoms with van der Waals surface area (Å²) in [5, 5.41) is 3.82. The molecule has 1 N–H and O–H groups in total. The summed E-state index contributed by atoms with van der Waals surface area (Å²) in [6.45, 7) is 0.426. The number of nitrogens with zero attached hydrogens (tertiary/aromatic N) is 3. The van der Waals surface area contributed by atoms with Crippen LogP contribution >= 0.6 is 0 Å². The van der Waals surface area contributed by atoms with E-state index in [1.54, 1.807) is 15.7 Å². The number of para-hydroxylation sites is 2. The molecule has 188 valence electrons. The number of carbonyl (C=O) groups excluding carboxylic acids is 2. The van der Waals surface area contributed by atoms with E-state index in [2.05, 4.69) is 22.4 Å². The average molecular weight is 495 g/mol. The molecule has 0 saturated heterocycles. The Morgan fingerprint density at radius 1 is 0.973 bits per heavy atom. The van der Waals surface area contributed by atoms with E-state index >= 15 is 0 Å². The van der Waals surface area contributed by atoms with Crippen molar-refractivity contribution in [3.05, 3.63) is 102 Å². The molecule has 1 atom stereocenters. The standard InChI is InChI=1S/C30H30N4O3/c1-33(30(36)24-11-8-14-27-23(24)18-20-37-27)22(16-15-21-9-4-3-5-10-21)17-19-31-29(35)28-32-25-12-6-7-13-26(25)34(28)2/h3-14,18,20,22H,15-17,19H2,1-2H3,(H,31,35). The van der Waals surface area contributed by atoms with Gasteiger partial charge in [0, 0.05) is 32.1 Å². The Kier molecular flexibility index (Phi) is 7.03. The maximum Gasteiger partial charge on any atom is 0.287 e. The van der Waals surface area contributed by atoms with E-state index in [9.17, 15) is 9.59 Å². The van der Waals surface area contributed by atoms with E-state index in [0.717, 1.165) is 29.3 Å². The lowest BCUT2D eigenvalue weighted by atomic mass is 10.0. The number of furan rings is 1. The van der Waals surface area contributed by atoms with Crippen LogP contribution in [0.2, 0.25) is 0 Å². The van der Waals surface area contributed by atoms with E-state index < -0.39 is 0 Å². The maximum atomic E-state index is 13.6. The molecule has 0 saturated carbocycles. The SMILES string of the molecule is CN(C(=O)c1cccc2occc12)C(CCNC(=O)c1nc2ccccc2n1C)CCc1ccccc1. The predicted molar refractivity (Wildman–Crippen MR) is 145 cm³/mol. The van der Waals surface area contributed by atoms with E-state index in [1.807, 2.05) is 80.8 Å². The van der Waals surface area contributed by atoms with E-state index in [4.69, 9.17) is 4.42 Å². The van der Waals surface area contributed by atoms with Crippen molar-refractivity contribution in [1.29, 1.82) is 0 Å². The molecule has 37 heavy (non-hydrogen) atoms. The summed E-state index contributed by atoms with van der Waals surface area (Å²) >= 11 is 0. The van der Waals surface area contributed by atoms with Crippen LogP contribution in [-0.2, 0) is 13.5 Å². The second-order valence-electron chi connectivity index (χ2n) is 9.26. The van der Waals surface area contributed by atoms with Crippen molar-refractivity contribution in [2.75, 3.05) is 13.6 Å². The summed E-state index contributed by atoms with van der Waals surface area (Å²) in [6, 6.07) is 25.2. The molecule has 2 aromatic heterocycles. The lowest BCUT2D eigenvalue weighted by molar-refractivity contribution is 0.0717. The third-order valence-corrected chi connectivity index (χ3v) is 6.96. The number of fused-ring (bicyclic) bond motifs is 2. The molecule has 3 aromatic carbocycles. The normalized spacial score (nSPS) is 12.1. The number of rotatable bonds is 9. The fourth-order valence-electron chi connectivity index (χ4n) is 4.83. The fraction of sp³-hybridized carbons (Fsp3) is 0.233. The highest BCUT2D eigenvalue weighted by atomic mass is 16.3. The smallest absolute Gasteiger partial charge is 0.287 e. The van der Waals surface area contributed by atoms with Crippen LogP contribution in [0.4, 0.5) is 0 Å². The maximum absolute atomic E-state index is 13.6. The number of benzene rings is 3. The van der Waals surface area contributed by atoms with Gasteiger partial charge >= 0.3 is 0 Å². The highest BCUT2D eigenvalue weighted by molar-refractivity contribution is 6.06. The lowest BCUT2D eigenvalue weighted by Gasteiger charge is -2.29. The molecule has 5 aromatic rings. The molecule has 0 aliphatic carbocycles. The number of aryl methyl sites for hydroxylation is 2. The summed E-state index contributed by atoms with van der Waals surface area (Å²) in [4.78, 5) is 32.8. The second kappa shape index (κ2) is 10.7. The summed E-state index contributed by atoms with van der Waals surface area (Å²) in [5.74, 6) is 0.0856. The van der Waals surface area contributed by atoms with E-state index in [1.165, 1.54) is 5.56 Å². The van der Waals surface area contributed by atoms with Gasteiger partial charge in [0.25, 0.3) is 11.8 Å². The molecule has 1 unspecified atom stereocenters. The number of hydrogen-bond donors (Lipinski definition) is 1. The molecular weight excluding hydrogens is 464 g/mol. The average Bonchev–Trinajstić information content (AvgIpc) is 3.55. The summed E-state index contributed by atoms with van der Waals surface area (Å²) in [6.07, 6.45) is 3.82. The first-order valence-corrected chi connectivity index (χ1v) is 12.5. The van der Waals surface area contributed by atoms with Gasteiger partial charge < -0.3 is 19.2 Å². The van der Waals surface area contributed by atoms with E-state index in [-0.39, 0.29) is 17.9 Å². The van der Waals surface area contributed by atoms with Crippen LogP contribution in [0.15, 0.2) is 89.5 Å². The van der Waals surface area contributed by atoms with Gasteiger partial charge in [-0.2, -0.15) is 0 Å². The van der Waals surface area contributed by atoms with E-state index in [0.29, 0.717) is 29.9 Å². The van der Waals surface area contributed by atoms with Gasteiger partial charge in [0.1, 0.15) is 5.58 Å². The number of aromatic nitrogens is 2. The zero-order valence-corrected chi connectivity index (χ0v) is 21.1. The highest BCUT2D eigenvalue weighted by Crippen LogP contribution is 2.23. The summed E-state index contributed by atoms with van der Waals surface area (Å²) in [5.41, 5.74) is 4.22. The predicted octanol–water partition coefficient (Wildman–Crippen LogP) is 5.21. The third kappa shape index (κ3) is 5.11. The number of carbonyl (C=O) groups is 2. The first kappa shape index (κ1) is 24.3. The number of imidazole rings is 1. The summed E-state index contributed by atoms with van der Waals surface area (Å²) < 4.78 is 7.30. The molecule has 2 amide bonds. The Labute approximate surface area is 215 Å². The van der Waals surface area contributed by atoms with Crippen molar-refractivity contribution >= 4 is 33.8 Å². The number of hydrogen-bond acceptors (Lipinski definition) is 4. The first-order chi connectivity index (χ1) is 18.0. The molecule has 0 radical (unpaired) electrons. The molecule has 2 heterocycles. The van der Waals surface area contributed by atoms with Crippen LogP contribution in [0.5, 0.6) is 0 Å². The van der Waals surface area contributed by atoms with Crippen LogP contribution in [0, 0.1) is 0 Å². The van der Waals surface area contributed by atoms with Crippen molar-refractivity contribution in [2.45, 2.75) is 25.3 Å². The zero-order chi connectivity index (χ0) is 25.8. The fourth-order valence-corrected chi connectivity index (χ4v) is 4.83. The van der Waals surface area contributed by atoms with Crippen molar-refractivity contribution < 1.29 is 14.0 Å². The van der Waals surface area contributed by atoms with Gasteiger partial charge in [-0.3, -0.25) is 9.59 Å². The lowest BCUT2D eigenvalue weighted by Crippen LogP contribution is -2.40. The van der Waals surface area contributed by atoms with Crippen molar-refractivity contribution in [3.63, 3.8) is 0 Å². The number of amides is 2. The summed E-state index contributed by atoms with van der Waals surface area (Å²) in [7, 11) is 3.68. The quantitative estimate of drug-likeness (QED) is 0.305. The van der Waals surface area contributed by atoms with Gasteiger partial charge in [0.05, 0.1) is 22.9 Å². The zero-order valence-electron chi connectivity index (χ0n) is 21.1. The Morgan fingerprint density at radius 3 is 2.57 bits per heavy atom. The molecule has 0 spiro atoms.